The molecule has 1 aliphatic rings. The maximum Gasteiger partial charge on any atom is 0.150 e. The molecule has 1 aromatic heterocycles. The Bertz CT molecular complexity index is 703. The highest BCUT2D eigenvalue weighted by molar-refractivity contribution is 7.91. The molecule has 2 unspecified atom stereocenters. The number of fused-ring (bicyclic) bond motifs is 1. The van der Waals surface area contributed by atoms with Crippen molar-refractivity contribution in [2.45, 2.75) is 25.4 Å². The van der Waals surface area contributed by atoms with Gasteiger partial charge in [-0.25, -0.2) is 8.42 Å². The highest BCUT2D eigenvalue weighted by Crippen LogP contribution is 2.29. The van der Waals surface area contributed by atoms with Gasteiger partial charge in [-0.1, -0.05) is 18.2 Å². The van der Waals surface area contributed by atoms with Crippen molar-refractivity contribution in [1.82, 2.24) is 0 Å². The molecule has 5 heteroatoms. The van der Waals surface area contributed by atoms with Crippen molar-refractivity contribution in [3.63, 3.8) is 0 Å². The normalized spacial score (nSPS) is 23.1. The zero-order valence-electron chi connectivity index (χ0n) is 11.2. The van der Waals surface area contributed by atoms with E-state index in [-0.39, 0.29) is 17.4 Å². The van der Waals surface area contributed by atoms with E-state index in [9.17, 15) is 13.5 Å². The molecular weight excluding hydrogens is 292 g/mol. The lowest BCUT2D eigenvalue weighted by Gasteiger charge is -2.14. The van der Waals surface area contributed by atoms with Crippen molar-refractivity contribution in [1.29, 1.82) is 0 Å². The molecule has 1 fully saturated rings. The third kappa shape index (κ3) is 3.05. The Kier molecular flexibility index (Phi) is 3.84. The van der Waals surface area contributed by atoms with Crippen LogP contribution in [0.3, 0.4) is 0 Å². The second kappa shape index (κ2) is 5.47. The van der Waals surface area contributed by atoms with E-state index >= 15 is 0 Å². The SMILES string of the molecule is O=S1(=O)CCC(CC(O)Cc2csc3ccccc23)C1. The quantitative estimate of drug-likeness (QED) is 0.944. The molecule has 3 rings (SSSR count). The van der Waals surface area contributed by atoms with Gasteiger partial charge in [0.1, 0.15) is 0 Å². The fourth-order valence-corrected chi connectivity index (χ4v) is 5.83. The first-order valence-corrected chi connectivity index (χ1v) is 9.57. The van der Waals surface area contributed by atoms with E-state index in [4.69, 9.17) is 0 Å². The first-order chi connectivity index (χ1) is 9.53. The molecule has 0 saturated carbocycles. The van der Waals surface area contributed by atoms with Gasteiger partial charge in [-0.2, -0.15) is 0 Å². The van der Waals surface area contributed by atoms with Gasteiger partial charge in [0.25, 0.3) is 0 Å². The zero-order chi connectivity index (χ0) is 14.2. The summed E-state index contributed by atoms with van der Waals surface area (Å²) in [7, 11) is -2.85. The number of aliphatic hydroxyl groups is 1. The second-order valence-corrected chi connectivity index (χ2v) is 8.76. The van der Waals surface area contributed by atoms with Crippen LogP contribution >= 0.6 is 11.3 Å². The minimum atomic E-state index is -2.85. The molecule has 1 aliphatic heterocycles. The minimum absolute atomic E-state index is 0.125. The van der Waals surface area contributed by atoms with Gasteiger partial charge in [0.2, 0.25) is 0 Å². The topological polar surface area (TPSA) is 54.4 Å². The lowest BCUT2D eigenvalue weighted by atomic mass is 9.96. The molecule has 20 heavy (non-hydrogen) atoms. The Morgan fingerprint density at radius 1 is 1.35 bits per heavy atom. The Labute approximate surface area is 123 Å². The van der Waals surface area contributed by atoms with Gasteiger partial charge in [0, 0.05) is 4.70 Å². The molecule has 1 saturated heterocycles. The fourth-order valence-electron chi connectivity index (χ4n) is 2.97. The summed E-state index contributed by atoms with van der Waals surface area (Å²) in [5, 5.41) is 13.5. The van der Waals surface area contributed by atoms with Gasteiger partial charge in [-0.05, 0) is 47.6 Å². The molecule has 0 bridgehead atoms. The van der Waals surface area contributed by atoms with E-state index in [1.807, 2.05) is 12.1 Å². The number of sulfone groups is 1. The summed E-state index contributed by atoms with van der Waals surface area (Å²) in [5.41, 5.74) is 1.17. The monoisotopic (exact) mass is 310 g/mol. The number of rotatable bonds is 4. The molecule has 0 radical (unpaired) electrons. The number of thiophene rings is 1. The molecule has 1 N–H and O–H groups in total. The summed E-state index contributed by atoms with van der Waals surface area (Å²) < 4.78 is 24.1. The van der Waals surface area contributed by atoms with E-state index in [1.165, 1.54) is 15.6 Å². The molecule has 0 spiro atoms. The number of aliphatic hydroxyl groups excluding tert-OH is 1. The Hall–Kier alpha value is -0.910. The summed E-state index contributed by atoms with van der Waals surface area (Å²) in [6.07, 6.45) is 1.44. The van der Waals surface area contributed by atoms with Gasteiger partial charge >= 0.3 is 0 Å². The van der Waals surface area contributed by atoms with Crippen LogP contribution in [0.15, 0.2) is 29.6 Å². The molecule has 2 atom stereocenters. The van der Waals surface area contributed by atoms with Crippen LogP contribution in [0.25, 0.3) is 10.1 Å². The van der Waals surface area contributed by atoms with Crippen molar-refractivity contribution in [2.24, 2.45) is 5.92 Å². The molecule has 108 valence electrons. The van der Waals surface area contributed by atoms with Crippen LogP contribution in [0.1, 0.15) is 18.4 Å². The number of benzene rings is 1. The van der Waals surface area contributed by atoms with Gasteiger partial charge in [-0.15, -0.1) is 11.3 Å². The Balaban J connectivity index is 1.66. The van der Waals surface area contributed by atoms with Crippen molar-refractivity contribution in [2.75, 3.05) is 11.5 Å². The lowest BCUT2D eigenvalue weighted by molar-refractivity contribution is 0.147. The van der Waals surface area contributed by atoms with Crippen molar-refractivity contribution in [3.05, 3.63) is 35.2 Å². The van der Waals surface area contributed by atoms with Gasteiger partial charge < -0.3 is 5.11 Å². The van der Waals surface area contributed by atoms with E-state index in [0.29, 0.717) is 19.3 Å². The smallest absolute Gasteiger partial charge is 0.150 e. The van der Waals surface area contributed by atoms with Crippen molar-refractivity contribution >= 4 is 31.3 Å². The first kappa shape index (κ1) is 14.0. The first-order valence-electron chi connectivity index (χ1n) is 6.87. The van der Waals surface area contributed by atoms with Crippen LogP contribution in [-0.2, 0) is 16.3 Å². The highest BCUT2D eigenvalue weighted by Gasteiger charge is 2.29. The molecule has 3 nitrogen and oxygen atoms in total. The standard InChI is InChI=1S/C15H18O3S2/c16-13(7-11-5-6-20(17,18)10-11)8-12-9-19-15-4-2-1-3-14(12)15/h1-4,9,11,13,16H,5-8,10H2. The maximum atomic E-state index is 11.4. The number of hydrogen-bond acceptors (Lipinski definition) is 4. The summed E-state index contributed by atoms with van der Waals surface area (Å²) >= 11 is 1.69. The van der Waals surface area contributed by atoms with Crippen LogP contribution in [0, 0.1) is 5.92 Å². The largest absolute Gasteiger partial charge is 0.393 e. The third-order valence-corrected chi connectivity index (χ3v) is 6.80. The van der Waals surface area contributed by atoms with Crippen LogP contribution in [0.5, 0.6) is 0 Å². The van der Waals surface area contributed by atoms with E-state index in [2.05, 4.69) is 17.5 Å². The van der Waals surface area contributed by atoms with Crippen LogP contribution in [-0.4, -0.2) is 31.1 Å². The maximum absolute atomic E-state index is 11.4. The van der Waals surface area contributed by atoms with Crippen molar-refractivity contribution in [3.8, 4) is 0 Å². The third-order valence-electron chi connectivity index (χ3n) is 3.95. The van der Waals surface area contributed by atoms with E-state index in [0.717, 1.165) is 0 Å². The van der Waals surface area contributed by atoms with Crippen LogP contribution in [0.4, 0.5) is 0 Å². The van der Waals surface area contributed by atoms with E-state index in [1.54, 1.807) is 11.3 Å². The summed E-state index contributed by atoms with van der Waals surface area (Å²) in [4.78, 5) is 0. The lowest BCUT2D eigenvalue weighted by Crippen LogP contribution is -2.17. The molecule has 2 aromatic rings. The van der Waals surface area contributed by atoms with Gasteiger partial charge in [-0.3, -0.25) is 0 Å². The summed E-state index contributed by atoms with van der Waals surface area (Å²) in [6, 6.07) is 8.18. The molecule has 2 heterocycles. The summed E-state index contributed by atoms with van der Waals surface area (Å²) in [6.45, 7) is 0. The highest BCUT2D eigenvalue weighted by atomic mass is 32.2. The van der Waals surface area contributed by atoms with Crippen LogP contribution < -0.4 is 0 Å². The predicted molar refractivity (Wildman–Crippen MR) is 82.9 cm³/mol. The molecular formula is C15H18O3S2. The van der Waals surface area contributed by atoms with Gasteiger partial charge in [0.15, 0.2) is 9.84 Å². The second-order valence-electron chi connectivity index (χ2n) is 5.62. The zero-order valence-corrected chi connectivity index (χ0v) is 12.8. The average Bonchev–Trinajstić information content (AvgIpc) is 2.94. The molecule has 0 amide bonds. The Morgan fingerprint density at radius 3 is 2.90 bits per heavy atom. The summed E-state index contributed by atoms with van der Waals surface area (Å²) in [5.74, 6) is 0.653. The van der Waals surface area contributed by atoms with Crippen LogP contribution in [0.2, 0.25) is 0 Å². The van der Waals surface area contributed by atoms with Gasteiger partial charge in [0.05, 0.1) is 17.6 Å². The minimum Gasteiger partial charge on any atom is -0.393 e. The number of hydrogen-bond donors (Lipinski definition) is 1. The predicted octanol–water partition coefficient (Wildman–Crippen LogP) is 2.63. The Morgan fingerprint density at radius 2 is 2.15 bits per heavy atom. The van der Waals surface area contributed by atoms with E-state index < -0.39 is 15.9 Å². The molecule has 0 aliphatic carbocycles. The van der Waals surface area contributed by atoms with Crippen molar-refractivity contribution < 1.29 is 13.5 Å². The average molecular weight is 310 g/mol. The fraction of sp³-hybridized carbons (Fsp3) is 0.467. The molecule has 1 aromatic carbocycles.